The summed E-state index contributed by atoms with van der Waals surface area (Å²) in [5.41, 5.74) is 2.42. The lowest BCUT2D eigenvalue weighted by Crippen LogP contribution is -2.36. The predicted octanol–water partition coefficient (Wildman–Crippen LogP) is 3.37. The molecule has 0 aromatic heterocycles. The molecule has 5 nitrogen and oxygen atoms in total. The summed E-state index contributed by atoms with van der Waals surface area (Å²) >= 11 is 0. The number of carbonyl (C=O) groups excluding carboxylic acids is 1. The molecule has 6 heteroatoms. The molecule has 1 aliphatic heterocycles. The second kappa shape index (κ2) is 7.64. The van der Waals surface area contributed by atoms with E-state index in [2.05, 4.69) is 0 Å². The molecule has 26 heavy (non-hydrogen) atoms. The molecular weight excluding hydrogens is 337 g/mol. The van der Waals surface area contributed by atoms with Gasteiger partial charge in [0.25, 0.3) is 0 Å². The first-order valence-corrected chi connectivity index (χ1v) is 8.45. The van der Waals surface area contributed by atoms with E-state index in [0.717, 1.165) is 29.7 Å². The summed E-state index contributed by atoms with van der Waals surface area (Å²) in [5, 5.41) is 0. The van der Waals surface area contributed by atoms with Crippen LogP contribution >= 0.6 is 0 Å². The van der Waals surface area contributed by atoms with E-state index >= 15 is 0 Å². The first-order chi connectivity index (χ1) is 12.6. The minimum absolute atomic E-state index is 0.0492. The third-order valence-electron chi connectivity index (χ3n) is 4.54. The third-order valence-corrected chi connectivity index (χ3v) is 4.54. The van der Waals surface area contributed by atoms with Crippen molar-refractivity contribution >= 4 is 11.6 Å². The van der Waals surface area contributed by atoms with Gasteiger partial charge in [-0.25, -0.2) is 4.39 Å². The van der Waals surface area contributed by atoms with Gasteiger partial charge in [-0.05, 0) is 54.3 Å². The Morgan fingerprint density at radius 2 is 1.77 bits per heavy atom. The van der Waals surface area contributed by atoms with Crippen molar-refractivity contribution in [3.63, 3.8) is 0 Å². The summed E-state index contributed by atoms with van der Waals surface area (Å²) in [5.74, 6) is 1.19. The zero-order valence-corrected chi connectivity index (χ0v) is 15.2. The molecule has 2 aromatic rings. The van der Waals surface area contributed by atoms with E-state index in [1.807, 2.05) is 0 Å². The van der Waals surface area contributed by atoms with E-state index in [4.69, 9.17) is 14.2 Å². The van der Waals surface area contributed by atoms with E-state index < -0.39 is 0 Å². The molecule has 0 atom stereocenters. The number of fused-ring (bicyclic) bond motifs is 1. The summed E-state index contributed by atoms with van der Waals surface area (Å²) in [6, 6.07) is 8.12. The summed E-state index contributed by atoms with van der Waals surface area (Å²) in [6.07, 6.45) is 1.78. The van der Waals surface area contributed by atoms with Crippen LogP contribution in [-0.2, 0) is 17.6 Å². The fourth-order valence-corrected chi connectivity index (χ4v) is 3.33. The number of hydrogen-bond acceptors (Lipinski definition) is 4. The summed E-state index contributed by atoms with van der Waals surface area (Å²) in [6.45, 7) is 0.627. The Kier molecular flexibility index (Phi) is 5.30. The van der Waals surface area contributed by atoms with Crippen molar-refractivity contribution < 1.29 is 23.4 Å². The van der Waals surface area contributed by atoms with Crippen molar-refractivity contribution in [3.8, 4) is 17.2 Å². The molecule has 0 N–H and O–H groups in total. The van der Waals surface area contributed by atoms with Crippen molar-refractivity contribution in [1.82, 2.24) is 0 Å². The van der Waals surface area contributed by atoms with Gasteiger partial charge in [0.05, 0.1) is 27.8 Å². The lowest BCUT2D eigenvalue weighted by atomic mass is 10.0. The van der Waals surface area contributed by atoms with Crippen LogP contribution in [0.3, 0.4) is 0 Å². The SMILES string of the molecule is COc1cc(CC(=O)N2CCCc3cc(F)ccc32)cc(OC)c1OC. The average Bonchev–Trinajstić information content (AvgIpc) is 2.66. The largest absolute Gasteiger partial charge is 0.493 e. The maximum atomic E-state index is 13.5. The Bertz CT molecular complexity index is 796. The quantitative estimate of drug-likeness (QED) is 0.821. The molecule has 0 saturated carbocycles. The minimum atomic E-state index is -0.275. The smallest absolute Gasteiger partial charge is 0.231 e. The number of rotatable bonds is 5. The van der Waals surface area contributed by atoms with Gasteiger partial charge in [-0.15, -0.1) is 0 Å². The van der Waals surface area contributed by atoms with Crippen molar-refractivity contribution in [2.24, 2.45) is 0 Å². The molecule has 0 radical (unpaired) electrons. The van der Waals surface area contributed by atoms with Gasteiger partial charge in [0.2, 0.25) is 11.7 Å². The molecule has 138 valence electrons. The maximum absolute atomic E-state index is 13.5. The standard InChI is InChI=1S/C20H22FNO4/c1-24-17-9-13(10-18(25-2)20(17)26-3)11-19(23)22-8-4-5-14-12-15(21)6-7-16(14)22/h6-7,9-10,12H,4-5,8,11H2,1-3H3. The molecule has 3 rings (SSSR count). The number of hydrogen-bond donors (Lipinski definition) is 0. The number of methoxy groups -OCH3 is 3. The number of anilines is 1. The number of ether oxygens (including phenoxy) is 3. The maximum Gasteiger partial charge on any atom is 0.231 e. The van der Waals surface area contributed by atoms with Crippen LogP contribution in [0.15, 0.2) is 30.3 Å². The fourth-order valence-electron chi connectivity index (χ4n) is 3.33. The molecule has 1 heterocycles. The molecule has 0 unspecified atom stereocenters. The Hall–Kier alpha value is -2.76. The van der Waals surface area contributed by atoms with Gasteiger partial charge in [0.15, 0.2) is 11.5 Å². The molecule has 1 aliphatic rings. The monoisotopic (exact) mass is 359 g/mol. The summed E-state index contributed by atoms with van der Waals surface area (Å²) in [7, 11) is 4.62. The Balaban J connectivity index is 1.87. The van der Waals surface area contributed by atoms with Gasteiger partial charge in [-0.2, -0.15) is 0 Å². The van der Waals surface area contributed by atoms with Crippen molar-refractivity contribution in [1.29, 1.82) is 0 Å². The van der Waals surface area contributed by atoms with Crippen molar-refractivity contribution in [2.75, 3.05) is 32.8 Å². The van der Waals surface area contributed by atoms with E-state index in [1.54, 1.807) is 37.3 Å². The topological polar surface area (TPSA) is 48.0 Å². The molecule has 0 saturated heterocycles. The van der Waals surface area contributed by atoms with Crippen LogP contribution in [-0.4, -0.2) is 33.8 Å². The average molecular weight is 359 g/mol. The van der Waals surface area contributed by atoms with Gasteiger partial charge in [0, 0.05) is 12.2 Å². The molecule has 0 fully saturated rings. The number of nitrogens with zero attached hydrogens (tertiary/aromatic N) is 1. The summed E-state index contributed by atoms with van der Waals surface area (Å²) < 4.78 is 29.5. The highest BCUT2D eigenvalue weighted by Gasteiger charge is 2.24. The number of carbonyl (C=O) groups is 1. The van der Waals surface area contributed by atoms with Crippen LogP contribution < -0.4 is 19.1 Å². The van der Waals surface area contributed by atoms with E-state index in [-0.39, 0.29) is 18.1 Å². The van der Waals surface area contributed by atoms with Gasteiger partial charge in [-0.3, -0.25) is 4.79 Å². The lowest BCUT2D eigenvalue weighted by Gasteiger charge is -2.29. The highest BCUT2D eigenvalue weighted by molar-refractivity contribution is 5.96. The molecule has 1 amide bonds. The van der Waals surface area contributed by atoms with Gasteiger partial charge < -0.3 is 19.1 Å². The van der Waals surface area contributed by atoms with Gasteiger partial charge in [0.1, 0.15) is 5.82 Å². The van der Waals surface area contributed by atoms with Crippen molar-refractivity contribution in [3.05, 3.63) is 47.3 Å². The first kappa shape index (κ1) is 18.0. The van der Waals surface area contributed by atoms with E-state index in [1.165, 1.54) is 19.2 Å². The van der Waals surface area contributed by atoms with Crippen LogP contribution in [0.4, 0.5) is 10.1 Å². The van der Waals surface area contributed by atoms with Crippen LogP contribution in [0.25, 0.3) is 0 Å². The lowest BCUT2D eigenvalue weighted by molar-refractivity contribution is -0.118. The first-order valence-electron chi connectivity index (χ1n) is 8.45. The van der Waals surface area contributed by atoms with Crippen molar-refractivity contribution in [2.45, 2.75) is 19.3 Å². The summed E-state index contributed by atoms with van der Waals surface area (Å²) in [4.78, 5) is 14.6. The van der Waals surface area contributed by atoms with Crippen LogP contribution in [0, 0.1) is 5.82 Å². The normalized spacial score (nSPS) is 13.2. The Labute approximate surface area is 152 Å². The van der Waals surface area contributed by atoms with Crippen LogP contribution in [0.5, 0.6) is 17.2 Å². The highest BCUT2D eigenvalue weighted by Crippen LogP contribution is 2.38. The highest BCUT2D eigenvalue weighted by atomic mass is 19.1. The fraction of sp³-hybridized carbons (Fsp3) is 0.350. The molecular formula is C20H22FNO4. The van der Waals surface area contributed by atoms with Crippen LogP contribution in [0.2, 0.25) is 0 Å². The molecule has 0 spiro atoms. The number of aryl methyl sites for hydroxylation is 1. The van der Waals surface area contributed by atoms with E-state index in [9.17, 15) is 9.18 Å². The van der Waals surface area contributed by atoms with Gasteiger partial charge >= 0.3 is 0 Å². The zero-order chi connectivity index (χ0) is 18.7. The third kappa shape index (κ3) is 3.45. The Morgan fingerprint density at radius 1 is 1.08 bits per heavy atom. The second-order valence-electron chi connectivity index (χ2n) is 6.13. The molecule has 2 aromatic carbocycles. The van der Waals surface area contributed by atoms with Crippen LogP contribution in [0.1, 0.15) is 17.5 Å². The number of halogens is 1. The number of benzene rings is 2. The van der Waals surface area contributed by atoms with E-state index in [0.29, 0.717) is 23.8 Å². The minimum Gasteiger partial charge on any atom is -0.493 e. The zero-order valence-electron chi connectivity index (χ0n) is 15.2. The predicted molar refractivity (Wildman–Crippen MR) is 96.9 cm³/mol. The molecule has 0 bridgehead atoms. The number of amides is 1. The molecule has 0 aliphatic carbocycles. The van der Waals surface area contributed by atoms with Gasteiger partial charge in [-0.1, -0.05) is 0 Å². The second-order valence-corrected chi connectivity index (χ2v) is 6.13. The Morgan fingerprint density at radius 3 is 2.38 bits per heavy atom.